The number of rotatable bonds is 4. The summed E-state index contributed by atoms with van der Waals surface area (Å²) in [5, 5.41) is 0.539. The first kappa shape index (κ1) is 26.7. The second-order valence-electron chi connectivity index (χ2n) is 8.27. The molecule has 12 heteroatoms. The monoisotopic (exact) mass is 537 g/mol. The Morgan fingerprint density at radius 1 is 0.737 bits per heavy atom. The van der Waals surface area contributed by atoms with Crippen molar-refractivity contribution in [3.05, 3.63) is 87.6 Å². The molecular weight excluding hydrogens is 520 g/mol. The fourth-order valence-electron chi connectivity index (χ4n) is 4.31. The van der Waals surface area contributed by atoms with E-state index in [4.69, 9.17) is 9.47 Å². The number of hydrogen-bond donors (Lipinski definition) is 0. The molecule has 0 aliphatic rings. The highest BCUT2D eigenvalue weighted by atomic mass is 19.4. The molecule has 0 N–H and O–H groups in total. The van der Waals surface area contributed by atoms with Crippen LogP contribution in [0.5, 0.6) is 0 Å². The van der Waals surface area contributed by atoms with E-state index in [1.165, 1.54) is 12.1 Å². The fourth-order valence-corrected chi connectivity index (χ4v) is 4.31. The number of carbonyl (C=O) groups excluding carboxylic acids is 3. The molecule has 4 aromatic rings. The minimum Gasteiger partial charge on any atom is -0.465 e. The minimum atomic E-state index is -5.22. The predicted octanol–water partition coefficient (Wildman–Crippen LogP) is 6.24. The third-order valence-corrected chi connectivity index (χ3v) is 5.97. The Bertz CT molecular complexity index is 1600. The maximum Gasteiger partial charge on any atom is 0.416 e. The van der Waals surface area contributed by atoms with E-state index < -0.39 is 63.6 Å². The number of alkyl halides is 6. The molecule has 0 aliphatic heterocycles. The van der Waals surface area contributed by atoms with Crippen LogP contribution in [-0.2, 0) is 21.8 Å². The summed E-state index contributed by atoms with van der Waals surface area (Å²) in [6.45, 7) is 1.68. The summed E-state index contributed by atoms with van der Waals surface area (Å²) < 4.78 is 91.7. The smallest absolute Gasteiger partial charge is 0.416 e. The van der Waals surface area contributed by atoms with Gasteiger partial charge in [-0.1, -0.05) is 18.2 Å². The molecule has 0 saturated carbocycles. The van der Waals surface area contributed by atoms with E-state index in [2.05, 4.69) is 0 Å². The lowest BCUT2D eigenvalue weighted by Crippen LogP contribution is -2.17. The molecular formula is C26H17F6NO5. The van der Waals surface area contributed by atoms with Crippen molar-refractivity contribution in [3.8, 4) is 0 Å². The van der Waals surface area contributed by atoms with Gasteiger partial charge in [0.1, 0.15) is 16.8 Å². The third kappa shape index (κ3) is 4.35. The van der Waals surface area contributed by atoms with Crippen LogP contribution in [0.25, 0.3) is 16.4 Å². The van der Waals surface area contributed by atoms with Crippen molar-refractivity contribution in [2.75, 3.05) is 14.2 Å². The maximum atomic E-state index is 13.8. The van der Waals surface area contributed by atoms with Gasteiger partial charge in [-0.25, -0.2) is 9.59 Å². The van der Waals surface area contributed by atoms with Gasteiger partial charge in [-0.3, -0.25) is 4.79 Å². The van der Waals surface area contributed by atoms with E-state index in [-0.39, 0.29) is 29.2 Å². The highest BCUT2D eigenvalue weighted by Crippen LogP contribution is 2.38. The lowest BCUT2D eigenvalue weighted by molar-refractivity contribution is -0.143. The number of esters is 2. The van der Waals surface area contributed by atoms with Crippen molar-refractivity contribution in [2.24, 2.45) is 0 Å². The van der Waals surface area contributed by atoms with Gasteiger partial charge < -0.3 is 13.9 Å². The number of benzene rings is 2. The number of nitrogens with zero attached hydrogens (tertiary/aromatic N) is 1. The molecule has 38 heavy (non-hydrogen) atoms. The summed E-state index contributed by atoms with van der Waals surface area (Å²) in [4.78, 5) is 39.5. The van der Waals surface area contributed by atoms with Crippen LogP contribution in [0.1, 0.15) is 53.5 Å². The zero-order valence-corrected chi connectivity index (χ0v) is 19.9. The summed E-state index contributed by atoms with van der Waals surface area (Å²) in [6.07, 6.45) is -10.4. The number of para-hydroxylation sites is 1. The summed E-state index contributed by atoms with van der Waals surface area (Å²) in [5.41, 5.74) is -5.35. The molecule has 0 atom stereocenters. The molecule has 0 spiro atoms. The molecule has 0 radical (unpaired) electrons. The molecule has 4 rings (SSSR count). The van der Waals surface area contributed by atoms with E-state index in [0.717, 1.165) is 18.6 Å². The van der Waals surface area contributed by atoms with Crippen LogP contribution in [0.2, 0.25) is 0 Å². The van der Waals surface area contributed by atoms with E-state index in [1.54, 1.807) is 25.1 Å². The molecule has 6 nitrogen and oxygen atoms in total. The van der Waals surface area contributed by atoms with Crippen LogP contribution < -0.4 is 0 Å². The summed E-state index contributed by atoms with van der Waals surface area (Å²) in [5.74, 6) is -3.67. The SMILES string of the molecule is COC(=O)c1c(C(=O)OC)c2cc(C)c3ccccc3n2c1C(=O)c1cc(C(F)(F)F)cc(C(F)(F)F)c1. The molecule has 0 saturated heterocycles. The average molecular weight is 537 g/mol. The fraction of sp³-hybridized carbons (Fsp3) is 0.192. The maximum absolute atomic E-state index is 13.8. The van der Waals surface area contributed by atoms with E-state index >= 15 is 0 Å². The van der Waals surface area contributed by atoms with Crippen LogP contribution in [0.3, 0.4) is 0 Å². The molecule has 2 aromatic heterocycles. The predicted molar refractivity (Wildman–Crippen MR) is 122 cm³/mol. The van der Waals surface area contributed by atoms with Gasteiger partial charge in [-0.15, -0.1) is 0 Å². The Hall–Kier alpha value is -4.35. The quantitative estimate of drug-likeness (QED) is 0.175. The number of carbonyl (C=O) groups is 3. The largest absolute Gasteiger partial charge is 0.465 e. The molecule has 2 heterocycles. The zero-order chi connectivity index (χ0) is 28.2. The number of fused-ring (bicyclic) bond motifs is 3. The highest BCUT2D eigenvalue weighted by Gasteiger charge is 2.39. The number of aryl methyl sites for hydroxylation is 1. The lowest BCUT2D eigenvalue weighted by Gasteiger charge is -2.15. The minimum absolute atomic E-state index is 0.0279. The second kappa shape index (κ2) is 9.19. The number of halogens is 6. The van der Waals surface area contributed by atoms with Gasteiger partial charge in [0.05, 0.1) is 36.4 Å². The van der Waals surface area contributed by atoms with Gasteiger partial charge in [0.25, 0.3) is 0 Å². The molecule has 0 aliphatic carbocycles. The van der Waals surface area contributed by atoms with Gasteiger partial charge >= 0.3 is 24.3 Å². The van der Waals surface area contributed by atoms with Crippen molar-refractivity contribution in [1.82, 2.24) is 4.40 Å². The van der Waals surface area contributed by atoms with Crippen molar-refractivity contribution in [3.63, 3.8) is 0 Å². The summed E-state index contributed by atoms with van der Waals surface area (Å²) in [6, 6.07) is 8.24. The number of hydrogen-bond acceptors (Lipinski definition) is 5. The van der Waals surface area contributed by atoms with E-state index in [9.17, 15) is 40.7 Å². The van der Waals surface area contributed by atoms with Crippen molar-refractivity contribution >= 4 is 34.1 Å². The second-order valence-corrected chi connectivity index (χ2v) is 8.27. The van der Waals surface area contributed by atoms with E-state index in [1.807, 2.05) is 0 Å². The van der Waals surface area contributed by atoms with Crippen molar-refractivity contribution in [2.45, 2.75) is 19.3 Å². The first-order chi connectivity index (χ1) is 17.7. The first-order valence-electron chi connectivity index (χ1n) is 10.8. The van der Waals surface area contributed by atoms with Crippen molar-refractivity contribution < 1.29 is 50.2 Å². The highest BCUT2D eigenvalue weighted by molar-refractivity contribution is 6.21. The number of ketones is 1. The summed E-state index contributed by atoms with van der Waals surface area (Å²) in [7, 11) is 1.94. The number of pyridine rings is 1. The zero-order valence-electron chi connectivity index (χ0n) is 19.9. The molecule has 198 valence electrons. The Balaban J connectivity index is 2.21. The van der Waals surface area contributed by atoms with Crippen LogP contribution in [0.4, 0.5) is 26.3 Å². The van der Waals surface area contributed by atoms with Gasteiger partial charge in [-0.2, -0.15) is 26.3 Å². The Morgan fingerprint density at radius 3 is 1.79 bits per heavy atom. The van der Waals surface area contributed by atoms with Gasteiger partial charge in [0.15, 0.2) is 0 Å². The van der Waals surface area contributed by atoms with Crippen LogP contribution in [0, 0.1) is 6.92 Å². The number of methoxy groups -OCH3 is 2. The molecule has 2 aromatic carbocycles. The molecule has 0 unspecified atom stereocenters. The Labute approximate surface area is 210 Å². The number of aromatic nitrogens is 1. The standard InChI is InChI=1S/C26H17F6NO5/c1-12-8-18-19(23(35)37-2)20(24(36)38-3)21(33(18)17-7-5-4-6-16(12)17)22(34)13-9-14(25(27,28)29)11-15(10-13)26(30,31)32/h4-11H,1-3H3. The molecule has 0 bridgehead atoms. The van der Waals surface area contributed by atoms with E-state index in [0.29, 0.717) is 10.9 Å². The van der Waals surface area contributed by atoms with Crippen LogP contribution in [-0.4, -0.2) is 36.3 Å². The van der Waals surface area contributed by atoms with Crippen molar-refractivity contribution in [1.29, 1.82) is 0 Å². The average Bonchev–Trinajstić information content (AvgIpc) is 3.21. The topological polar surface area (TPSA) is 74.1 Å². The molecule has 0 fully saturated rings. The normalized spacial score (nSPS) is 12.1. The van der Waals surface area contributed by atoms with Gasteiger partial charge in [0, 0.05) is 10.9 Å². The lowest BCUT2D eigenvalue weighted by atomic mass is 9.98. The first-order valence-corrected chi connectivity index (χ1v) is 10.8. The van der Waals surface area contributed by atoms with Crippen LogP contribution in [0.15, 0.2) is 48.5 Å². The Kier molecular flexibility index (Phi) is 6.46. The van der Waals surface area contributed by atoms with Gasteiger partial charge in [-0.05, 0) is 42.8 Å². The van der Waals surface area contributed by atoms with Gasteiger partial charge in [0.2, 0.25) is 5.78 Å². The van der Waals surface area contributed by atoms with Crippen LogP contribution >= 0.6 is 0 Å². The molecule has 0 amide bonds. The third-order valence-electron chi connectivity index (χ3n) is 5.97. The summed E-state index contributed by atoms with van der Waals surface area (Å²) >= 11 is 0. The Morgan fingerprint density at radius 2 is 1.26 bits per heavy atom. The number of ether oxygens (including phenoxy) is 2.